The number of anilines is 1. The number of nitrogens with zero attached hydrogens (tertiary/aromatic N) is 1. The highest BCUT2D eigenvalue weighted by Crippen LogP contribution is 2.35. The van der Waals surface area contributed by atoms with E-state index in [0.717, 1.165) is 0 Å². The van der Waals surface area contributed by atoms with Crippen molar-refractivity contribution in [2.45, 2.75) is 23.4 Å². The molecular weight excluding hydrogens is 346 g/mol. The third-order valence-electron chi connectivity index (χ3n) is 4.52. The molecule has 0 radical (unpaired) electrons. The largest absolute Gasteiger partial charge is 0.365 e. The van der Waals surface area contributed by atoms with Crippen LogP contribution in [0.1, 0.15) is 22.5 Å². The third kappa shape index (κ3) is 2.60. The minimum atomic E-state index is -3.54. The van der Waals surface area contributed by atoms with Gasteiger partial charge in [-0.3, -0.25) is 4.79 Å². The standard InChI is InChI=1S/C16H17N3O3S2/c20-15(13-5-3-11-23-13)19-9-7-16(8-10-19)17-12-4-1-2-6-14(12)24(21,22)18-16/h1-6,11,17-18H,7-10H2. The Labute approximate surface area is 144 Å². The fourth-order valence-electron chi connectivity index (χ4n) is 3.27. The maximum atomic E-state index is 12.5. The van der Waals surface area contributed by atoms with Gasteiger partial charge in [-0.25, -0.2) is 8.42 Å². The van der Waals surface area contributed by atoms with Crippen molar-refractivity contribution < 1.29 is 13.2 Å². The Balaban J connectivity index is 1.55. The lowest BCUT2D eigenvalue weighted by molar-refractivity contribution is 0.0681. The average molecular weight is 363 g/mol. The molecule has 6 nitrogen and oxygen atoms in total. The summed E-state index contributed by atoms with van der Waals surface area (Å²) in [7, 11) is -3.54. The number of likely N-dealkylation sites (tertiary alicyclic amines) is 1. The van der Waals surface area contributed by atoms with Crippen LogP contribution in [0.5, 0.6) is 0 Å². The number of sulfonamides is 1. The number of hydrogen-bond donors (Lipinski definition) is 2. The monoisotopic (exact) mass is 363 g/mol. The third-order valence-corrected chi connectivity index (χ3v) is 6.97. The predicted octanol–water partition coefficient (Wildman–Crippen LogP) is 2.08. The Kier molecular flexibility index (Phi) is 3.63. The maximum absolute atomic E-state index is 12.5. The molecule has 0 bridgehead atoms. The first-order valence-corrected chi connectivity index (χ1v) is 10.1. The second-order valence-corrected chi connectivity index (χ2v) is 8.68. The van der Waals surface area contributed by atoms with Gasteiger partial charge in [0.25, 0.3) is 5.91 Å². The lowest BCUT2D eigenvalue weighted by atomic mass is 9.97. The fraction of sp³-hybridized carbons (Fsp3) is 0.312. The average Bonchev–Trinajstić information content (AvgIpc) is 3.09. The molecule has 24 heavy (non-hydrogen) atoms. The van der Waals surface area contributed by atoms with E-state index >= 15 is 0 Å². The van der Waals surface area contributed by atoms with Crippen molar-refractivity contribution in [1.29, 1.82) is 0 Å². The second kappa shape index (κ2) is 5.58. The van der Waals surface area contributed by atoms with E-state index in [2.05, 4.69) is 10.0 Å². The summed E-state index contributed by atoms with van der Waals surface area (Å²) in [5.74, 6) is 0.0129. The number of hydrogen-bond acceptors (Lipinski definition) is 5. The summed E-state index contributed by atoms with van der Waals surface area (Å²) in [5, 5.41) is 5.22. The van der Waals surface area contributed by atoms with Crippen LogP contribution in [0.25, 0.3) is 0 Å². The second-order valence-electron chi connectivity index (χ2n) is 6.08. The van der Waals surface area contributed by atoms with Gasteiger partial charge in [-0.1, -0.05) is 18.2 Å². The molecule has 1 aromatic carbocycles. The van der Waals surface area contributed by atoms with Crippen LogP contribution in [0.2, 0.25) is 0 Å². The van der Waals surface area contributed by atoms with E-state index < -0.39 is 15.7 Å². The van der Waals surface area contributed by atoms with Gasteiger partial charge in [-0.05, 0) is 23.6 Å². The highest BCUT2D eigenvalue weighted by Gasteiger charge is 2.43. The van der Waals surface area contributed by atoms with Crippen LogP contribution < -0.4 is 10.0 Å². The van der Waals surface area contributed by atoms with Gasteiger partial charge in [-0.15, -0.1) is 11.3 Å². The molecule has 126 valence electrons. The molecule has 2 N–H and O–H groups in total. The molecule has 3 heterocycles. The van der Waals surface area contributed by atoms with Gasteiger partial charge in [0.15, 0.2) is 0 Å². The zero-order valence-corrected chi connectivity index (χ0v) is 14.5. The summed E-state index contributed by atoms with van der Waals surface area (Å²) in [6, 6.07) is 10.6. The van der Waals surface area contributed by atoms with E-state index in [9.17, 15) is 13.2 Å². The number of rotatable bonds is 1. The Morgan fingerprint density at radius 3 is 2.58 bits per heavy atom. The molecule has 2 aliphatic heterocycles. The van der Waals surface area contributed by atoms with E-state index in [1.807, 2.05) is 23.6 Å². The van der Waals surface area contributed by atoms with E-state index in [1.165, 1.54) is 11.3 Å². The number of carbonyl (C=O) groups excluding carboxylic acids is 1. The van der Waals surface area contributed by atoms with Gasteiger partial charge in [0.2, 0.25) is 10.0 Å². The van der Waals surface area contributed by atoms with Crippen molar-refractivity contribution in [3.8, 4) is 0 Å². The summed E-state index contributed by atoms with van der Waals surface area (Å²) in [5.41, 5.74) is -0.103. The quantitative estimate of drug-likeness (QED) is 0.813. The topological polar surface area (TPSA) is 78.5 Å². The van der Waals surface area contributed by atoms with E-state index in [-0.39, 0.29) is 10.8 Å². The molecule has 0 saturated carbocycles. The Hall–Kier alpha value is -1.90. The number of carbonyl (C=O) groups is 1. The molecule has 1 aromatic heterocycles. The van der Waals surface area contributed by atoms with E-state index in [4.69, 9.17) is 0 Å². The molecule has 1 amide bonds. The zero-order chi connectivity index (χ0) is 16.8. The van der Waals surface area contributed by atoms with Gasteiger partial charge in [0, 0.05) is 25.9 Å². The summed E-state index contributed by atoms with van der Waals surface area (Å²) in [6.07, 6.45) is 1.05. The van der Waals surface area contributed by atoms with Crippen LogP contribution >= 0.6 is 11.3 Å². The molecule has 8 heteroatoms. The van der Waals surface area contributed by atoms with Crippen molar-refractivity contribution in [2.75, 3.05) is 18.4 Å². The highest BCUT2D eigenvalue weighted by atomic mass is 32.2. The molecule has 4 rings (SSSR count). The molecule has 1 fully saturated rings. The van der Waals surface area contributed by atoms with Crippen LogP contribution in [0.4, 0.5) is 5.69 Å². The first-order chi connectivity index (χ1) is 11.5. The molecule has 2 aliphatic rings. The fourth-order valence-corrected chi connectivity index (χ4v) is 5.51. The first-order valence-electron chi connectivity index (χ1n) is 7.73. The molecule has 1 saturated heterocycles. The number of fused-ring (bicyclic) bond motifs is 1. The number of amides is 1. The molecule has 0 unspecified atom stereocenters. The minimum Gasteiger partial charge on any atom is -0.365 e. The maximum Gasteiger partial charge on any atom is 0.263 e. The summed E-state index contributed by atoms with van der Waals surface area (Å²) >= 11 is 1.42. The van der Waals surface area contributed by atoms with Crippen molar-refractivity contribution >= 4 is 33.0 Å². The van der Waals surface area contributed by atoms with Gasteiger partial charge < -0.3 is 10.2 Å². The highest BCUT2D eigenvalue weighted by molar-refractivity contribution is 7.89. The lowest BCUT2D eigenvalue weighted by Crippen LogP contribution is -2.62. The summed E-state index contributed by atoms with van der Waals surface area (Å²) < 4.78 is 27.8. The lowest BCUT2D eigenvalue weighted by Gasteiger charge is -2.45. The summed E-state index contributed by atoms with van der Waals surface area (Å²) in [4.78, 5) is 15.2. The van der Waals surface area contributed by atoms with Crippen LogP contribution in [-0.2, 0) is 10.0 Å². The molecular formula is C16H17N3O3S2. The van der Waals surface area contributed by atoms with Crippen LogP contribution in [0.3, 0.4) is 0 Å². The van der Waals surface area contributed by atoms with Gasteiger partial charge in [0.1, 0.15) is 10.6 Å². The van der Waals surface area contributed by atoms with Crippen molar-refractivity contribution in [1.82, 2.24) is 9.62 Å². The van der Waals surface area contributed by atoms with Gasteiger partial charge in [0.05, 0.1) is 10.6 Å². The van der Waals surface area contributed by atoms with E-state index in [0.29, 0.717) is 36.5 Å². The molecule has 0 atom stereocenters. The Morgan fingerprint density at radius 1 is 1.12 bits per heavy atom. The van der Waals surface area contributed by atoms with E-state index in [1.54, 1.807) is 23.1 Å². The molecule has 0 aliphatic carbocycles. The first kappa shape index (κ1) is 15.6. The number of para-hydroxylation sites is 1. The van der Waals surface area contributed by atoms with Crippen LogP contribution in [-0.4, -0.2) is 38.0 Å². The SMILES string of the molecule is O=C(c1cccs1)N1CCC2(CC1)Nc1ccccc1S(=O)(=O)N2. The van der Waals surface area contributed by atoms with Crippen LogP contribution in [0, 0.1) is 0 Å². The number of thiophene rings is 1. The normalized spacial score (nSPS) is 21.1. The Morgan fingerprint density at radius 2 is 1.88 bits per heavy atom. The van der Waals surface area contributed by atoms with Crippen molar-refractivity contribution in [3.05, 3.63) is 46.7 Å². The smallest absolute Gasteiger partial charge is 0.263 e. The predicted molar refractivity (Wildman–Crippen MR) is 92.6 cm³/mol. The molecule has 1 spiro atoms. The van der Waals surface area contributed by atoms with Crippen LogP contribution in [0.15, 0.2) is 46.7 Å². The minimum absolute atomic E-state index is 0.0129. The van der Waals surface area contributed by atoms with Gasteiger partial charge in [-0.2, -0.15) is 4.72 Å². The van der Waals surface area contributed by atoms with Crippen molar-refractivity contribution in [2.24, 2.45) is 0 Å². The van der Waals surface area contributed by atoms with Gasteiger partial charge >= 0.3 is 0 Å². The number of piperidine rings is 1. The summed E-state index contributed by atoms with van der Waals surface area (Å²) in [6.45, 7) is 1.02. The number of nitrogens with one attached hydrogen (secondary N) is 2. The number of benzene rings is 1. The molecule has 2 aromatic rings. The zero-order valence-electron chi connectivity index (χ0n) is 12.9. The Bertz CT molecular complexity index is 870. The van der Waals surface area contributed by atoms with Crippen molar-refractivity contribution in [3.63, 3.8) is 0 Å².